The molecule has 104 heavy (non-hydrogen) atoms. The molecule has 0 aliphatic rings. The minimum Gasteiger partial charge on any atom is -0.462 e. The standard InChI is InChI=1S/C85H166O17P2/c1-6-9-12-15-18-21-24-27-30-32-33-34-35-37-40-43-46-49-56-61-66-71-84(89)101-80(74-95-82(87)68-63-58-53-47-44-41-39-36-31-28-25-22-19-16-13-10-7-2)76-99-103(91,92)97-72-79(86)73-98-104(93,94)100-77-81(75-96-83(88)69-64-59-54-51-50-52-57-62-67-78(4)5)102-85(90)70-65-60-55-48-45-42-38-29-26-23-20-17-14-11-8-3/h78-81,86H,6-77H2,1-5H3,(H,91,92)(H,93,94)/t79-,80-,81-/m1/s1. The van der Waals surface area contributed by atoms with Crippen LogP contribution in [0.2, 0.25) is 0 Å². The number of phosphoric ester groups is 2. The molecule has 0 spiro atoms. The molecular weight excluding hydrogens is 1350 g/mol. The number of hydrogen-bond acceptors (Lipinski definition) is 15. The van der Waals surface area contributed by atoms with E-state index in [1.807, 2.05) is 0 Å². The highest BCUT2D eigenvalue weighted by atomic mass is 31.2. The van der Waals surface area contributed by atoms with E-state index in [1.54, 1.807) is 0 Å². The van der Waals surface area contributed by atoms with Gasteiger partial charge in [-0.1, -0.05) is 407 Å². The molecule has 0 saturated heterocycles. The second-order valence-corrected chi connectivity index (χ2v) is 34.0. The fraction of sp³-hybridized carbons (Fsp3) is 0.953. The smallest absolute Gasteiger partial charge is 0.462 e. The predicted octanol–water partition coefficient (Wildman–Crippen LogP) is 26.0. The molecule has 0 aromatic carbocycles. The Morgan fingerprint density at radius 3 is 0.654 bits per heavy atom. The largest absolute Gasteiger partial charge is 0.472 e. The van der Waals surface area contributed by atoms with E-state index in [9.17, 15) is 43.2 Å². The molecule has 0 aliphatic carbocycles. The zero-order valence-electron chi connectivity index (χ0n) is 68.2. The summed E-state index contributed by atoms with van der Waals surface area (Å²) in [6.07, 6.45) is 70.9. The van der Waals surface area contributed by atoms with Gasteiger partial charge in [0.1, 0.15) is 19.3 Å². The van der Waals surface area contributed by atoms with E-state index in [1.165, 1.54) is 283 Å². The minimum absolute atomic E-state index is 0.108. The highest BCUT2D eigenvalue weighted by Gasteiger charge is 2.30. The maximum absolute atomic E-state index is 13.1. The molecule has 0 heterocycles. The molecule has 0 aliphatic heterocycles. The average Bonchev–Trinajstić information content (AvgIpc) is 0.912. The van der Waals surface area contributed by atoms with Gasteiger partial charge < -0.3 is 33.8 Å². The van der Waals surface area contributed by atoms with Gasteiger partial charge >= 0.3 is 39.5 Å². The van der Waals surface area contributed by atoms with Gasteiger partial charge in [-0.05, 0) is 31.6 Å². The molecule has 0 fully saturated rings. The summed E-state index contributed by atoms with van der Waals surface area (Å²) in [5.41, 5.74) is 0. The van der Waals surface area contributed by atoms with E-state index in [0.29, 0.717) is 25.7 Å². The van der Waals surface area contributed by atoms with Crippen molar-refractivity contribution in [1.82, 2.24) is 0 Å². The van der Waals surface area contributed by atoms with E-state index < -0.39 is 97.5 Å². The Morgan fingerprint density at radius 1 is 0.260 bits per heavy atom. The third-order valence-electron chi connectivity index (χ3n) is 20.0. The highest BCUT2D eigenvalue weighted by molar-refractivity contribution is 7.47. The number of unbranched alkanes of at least 4 members (excludes halogenated alkanes) is 57. The summed E-state index contributed by atoms with van der Waals surface area (Å²) in [6, 6.07) is 0. The molecule has 0 aromatic heterocycles. The summed E-state index contributed by atoms with van der Waals surface area (Å²) < 4.78 is 68.9. The lowest BCUT2D eigenvalue weighted by Crippen LogP contribution is -2.30. The number of carbonyl (C=O) groups excluding carboxylic acids is 4. The molecular formula is C85H166O17P2. The van der Waals surface area contributed by atoms with Gasteiger partial charge in [0.25, 0.3) is 0 Å². The molecule has 2 unspecified atom stereocenters. The summed E-state index contributed by atoms with van der Waals surface area (Å²) in [7, 11) is -9.93. The van der Waals surface area contributed by atoms with Crippen LogP contribution in [0, 0.1) is 5.92 Å². The van der Waals surface area contributed by atoms with Crippen molar-refractivity contribution in [1.29, 1.82) is 0 Å². The maximum atomic E-state index is 13.1. The van der Waals surface area contributed by atoms with E-state index >= 15 is 0 Å². The number of hydrogen-bond donors (Lipinski definition) is 3. The first kappa shape index (κ1) is 102. The second kappa shape index (κ2) is 77.8. The molecule has 618 valence electrons. The van der Waals surface area contributed by atoms with Crippen molar-refractivity contribution in [3.63, 3.8) is 0 Å². The van der Waals surface area contributed by atoms with Crippen LogP contribution >= 0.6 is 15.6 Å². The predicted molar refractivity (Wildman–Crippen MR) is 428 cm³/mol. The third kappa shape index (κ3) is 78.2. The normalized spacial score (nSPS) is 13.8. The molecule has 19 heteroatoms. The fourth-order valence-corrected chi connectivity index (χ4v) is 14.9. The molecule has 0 rings (SSSR count). The topological polar surface area (TPSA) is 237 Å². The van der Waals surface area contributed by atoms with Gasteiger partial charge in [0.15, 0.2) is 12.2 Å². The Balaban J connectivity index is 5.23. The maximum Gasteiger partial charge on any atom is 0.472 e. The van der Waals surface area contributed by atoms with Crippen LogP contribution in [0.15, 0.2) is 0 Å². The second-order valence-electron chi connectivity index (χ2n) is 31.1. The zero-order chi connectivity index (χ0) is 76.2. The lowest BCUT2D eigenvalue weighted by molar-refractivity contribution is -0.161. The summed E-state index contributed by atoms with van der Waals surface area (Å²) in [6.45, 7) is 7.33. The molecule has 3 N–H and O–H groups in total. The average molecular weight is 1520 g/mol. The van der Waals surface area contributed by atoms with Crippen LogP contribution < -0.4 is 0 Å². The Bertz CT molecular complexity index is 1980. The Kier molecular flexibility index (Phi) is 76.3. The van der Waals surface area contributed by atoms with Crippen LogP contribution in [-0.4, -0.2) is 96.7 Å². The Morgan fingerprint density at radius 2 is 0.442 bits per heavy atom. The van der Waals surface area contributed by atoms with Crippen molar-refractivity contribution in [3.05, 3.63) is 0 Å². The number of aliphatic hydroxyl groups excluding tert-OH is 1. The Hall–Kier alpha value is -1.94. The molecule has 0 aromatic rings. The van der Waals surface area contributed by atoms with E-state index in [-0.39, 0.29) is 25.7 Å². The number of rotatable bonds is 85. The lowest BCUT2D eigenvalue weighted by atomic mass is 10.0. The molecule has 0 radical (unpaired) electrons. The first-order chi connectivity index (χ1) is 50.5. The highest BCUT2D eigenvalue weighted by Crippen LogP contribution is 2.45. The van der Waals surface area contributed by atoms with Gasteiger partial charge in [-0.2, -0.15) is 0 Å². The van der Waals surface area contributed by atoms with Crippen molar-refractivity contribution < 1.29 is 80.2 Å². The van der Waals surface area contributed by atoms with Gasteiger partial charge in [-0.25, -0.2) is 9.13 Å². The van der Waals surface area contributed by atoms with Crippen LogP contribution in [0.3, 0.4) is 0 Å². The first-order valence-corrected chi connectivity index (χ1v) is 47.1. The number of aliphatic hydroxyl groups is 1. The molecule has 5 atom stereocenters. The Labute approximate surface area is 638 Å². The van der Waals surface area contributed by atoms with E-state index in [0.717, 1.165) is 95.8 Å². The van der Waals surface area contributed by atoms with E-state index in [4.69, 9.17) is 37.0 Å². The van der Waals surface area contributed by atoms with Crippen molar-refractivity contribution in [2.75, 3.05) is 39.6 Å². The van der Waals surface area contributed by atoms with Crippen molar-refractivity contribution in [3.8, 4) is 0 Å². The summed E-state index contributed by atoms with van der Waals surface area (Å²) >= 11 is 0. The van der Waals surface area contributed by atoms with Crippen molar-refractivity contribution >= 4 is 39.5 Å². The number of phosphoric acid groups is 2. The van der Waals surface area contributed by atoms with Crippen LogP contribution in [-0.2, 0) is 65.4 Å². The first-order valence-electron chi connectivity index (χ1n) is 44.1. The van der Waals surface area contributed by atoms with Gasteiger partial charge in [0.05, 0.1) is 26.4 Å². The molecule has 0 bridgehead atoms. The third-order valence-corrected chi connectivity index (χ3v) is 21.9. The molecule has 0 amide bonds. The molecule has 17 nitrogen and oxygen atoms in total. The quantitative estimate of drug-likeness (QED) is 0.0222. The van der Waals surface area contributed by atoms with Gasteiger partial charge in [-0.15, -0.1) is 0 Å². The summed E-state index contributed by atoms with van der Waals surface area (Å²) in [5, 5.41) is 10.7. The number of ether oxygens (including phenoxy) is 4. The summed E-state index contributed by atoms with van der Waals surface area (Å²) in [5.74, 6) is -1.37. The van der Waals surface area contributed by atoms with E-state index in [2.05, 4.69) is 34.6 Å². The van der Waals surface area contributed by atoms with Crippen molar-refractivity contribution in [2.45, 2.75) is 477 Å². The van der Waals surface area contributed by atoms with Gasteiger partial charge in [0, 0.05) is 25.7 Å². The lowest BCUT2D eigenvalue weighted by Gasteiger charge is -2.21. The summed E-state index contributed by atoms with van der Waals surface area (Å²) in [4.78, 5) is 73.2. The van der Waals surface area contributed by atoms with Crippen LogP contribution in [0.1, 0.15) is 458 Å². The van der Waals surface area contributed by atoms with Crippen LogP contribution in [0.5, 0.6) is 0 Å². The number of carbonyl (C=O) groups is 4. The SMILES string of the molecule is CCCCCCCCCCCCCCCCCCCCCCCC(=O)O[C@H](COC(=O)CCCCCCCCCCCCCCCCCCC)COP(=O)(O)OC[C@@H](O)COP(=O)(O)OC[C@@H](COC(=O)CCCCCCCCCCC(C)C)OC(=O)CCCCCCCCCCCCCCCCC. The fourth-order valence-electron chi connectivity index (χ4n) is 13.3. The minimum atomic E-state index is -4.96. The monoisotopic (exact) mass is 1520 g/mol. The molecule has 0 saturated carbocycles. The van der Waals surface area contributed by atoms with Crippen LogP contribution in [0.4, 0.5) is 0 Å². The van der Waals surface area contributed by atoms with Gasteiger partial charge in [-0.3, -0.25) is 37.3 Å². The number of esters is 4. The zero-order valence-corrected chi connectivity index (χ0v) is 70.0. The van der Waals surface area contributed by atoms with Crippen molar-refractivity contribution in [2.24, 2.45) is 5.92 Å². The van der Waals surface area contributed by atoms with Gasteiger partial charge in [0.2, 0.25) is 0 Å². The van der Waals surface area contributed by atoms with Crippen LogP contribution in [0.25, 0.3) is 0 Å².